The third-order valence-electron chi connectivity index (χ3n) is 6.74. The molecule has 11 nitrogen and oxygen atoms in total. The summed E-state index contributed by atoms with van der Waals surface area (Å²) in [5.74, 6) is 2.95. The number of nitro benzene ring substituents is 1. The molecule has 3 aromatic rings. The van der Waals surface area contributed by atoms with Crippen LogP contribution in [0.15, 0.2) is 45.9 Å². The second-order valence-corrected chi connectivity index (χ2v) is 9.44. The van der Waals surface area contributed by atoms with E-state index in [2.05, 4.69) is 30.3 Å². The number of nitrogens with zero attached hydrogens (tertiary/aromatic N) is 7. The van der Waals surface area contributed by atoms with E-state index in [1.807, 2.05) is 0 Å². The van der Waals surface area contributed by atoms with E-state index in [1.54, 1.807) is 30.5 Å². The standard InChI is InChI=1S/C26H32N8O3/c35-34(36)21-11-9-20(10-12-21)23-14-13-22(37-23)19-27-31-24-28-25(32-15-5-1-2-6-16-32)30-26(29-24)33-17-7-3-4-8-18-33/h9-14,19H,1-8,15-18H2,(H,28,29,30,31). The molecular formula is C26H32N8O3. The Hall–Kier alpha value is -4.02. The maximum atomic E-state index is 10.9. The zero-order chi connectivity index (χ0) is 25.5. The van der Waals surface area contributed by atoms with Crippen LogP contribution in [0.4, 0.5) is 23.5 Å². The Bertz CT molecular complexity index is 1170. The van der Waals surface area contributed by atoms with E-state index < -0.39 is 4.92 Å². The molecule has 4 heterocycles. The van der Waals surface area contributed by atoms with Crippen LogP contribution in [0, 0.1) is 10.1 Å². The summed E-state index contributed by atoms with van der Waals surface area (Å²) in [7, 11) is 0. The van der Waals surface area contributed by atoms with Crippen LogP contribution in [0.3, 0.4) is 0 Å². The van der Waals surface area contributed by atoms with Crippen LogP contribution in [0.25, 0.3) is 11.3 Å². The molecule has 2 fully saturated rings. The minimum absolute atomic E-state index is 0.0396. The molecule has 2 aromatic heterocycles. The summed E-state index contributed by atoms with van der Waals surface area (Å²) in [6.45, 7) is 3.79. The van der Waals surface area contributed by atoms with Crippen molar-refractivity contribution in [2.45, 2.75) is 51.4 Å². The Morgan fingerprint density at radius 3 is 1.92 bits per heavy atom. The molecule has 0 bridgehead atoms. The minimum Gasteiger partial charge on any atom is -0.455 e. The Kier molecular flexibility index (Phi) is 7.87. The number of anilines is 3. The van der Waals surface area contributed by atoms with Crippen molar-refractivity contribution in [3.8, 4) is 11.3 Å². The van der Waals surface area contributed by atoms with Gasteiger partial charge >= 0.3 is 0 Å². The van der Waals surface area contributed by atoms with Crippen molar-refractivity contribution < 1.29 is 9.34 Å². The predicted octanol–water partition coefficient (Wildman–Crippen LogP) is 5.25. The highest BCUT2D eigenvalue weighted by Crippen LogP contribution is 2.25. The number of furan rings is 1. The number of hydrogen-bond donors (Lipinski definition) is 1. The van der Waals surface area contributed by atoms with E-state index in [0.717, 1.165) is 57.4 Å². The van der Waals surface area contributed by atoms with E-state index in [9.17, 15) is 10.1 Å². The Labute approximate surface area is 215 Å². The molecule has 37 heavy (non-hydrogen) atoms. The lowest BCUT2D eigenvalue weighted by Crippen LogP contribution is -2.30. The summed E-state index contributed by atoms with van der Waals surface area (Å²) in [6, 6.07) is 9.84. The lowest BCUT2D eigenvalue weighted by Gasteiger charge is -2.24. The van der Waals surface area contributed by atoms with Crippen LogP contribution in [0.5, 0.6) is 0 Å². The van der Waals surface area contributed by atoms with Gasteiger partial charge in [-0.15, -0.1) is 0 Å². The van der Waals surface area contributed by atoms with Gasteiger partial charge in [0.15, 0.2) is 0 Å². The van der Waals surface area contributed by atoms with Gasteiger partial charge < -0.3 is 14.2 Å². The smallest absolute Gasteiger partial charge is 0.269 e. The Morgan fingerprint density at radius 2 is 1.38 bits per heavy atom. The average molecular weight is 505 g/mol. The molecule has 0 spiro atoms. The number of hydrazone groups is 1. The van der Waals surface area contributed by atoms with Crippen LogP contribution in [0.2, 0.25) is 0 Å². The quantitative estimate of drug-likeness (QED) is 0.261. The summed E-state index contributed by atoms with van der Waals surface area (Å²) < 4.78 is 5.84. The van der Waals surface area contributed by atoms with Crippen molar-refractivity contribution in [3.05, 3.63) is 52.3 Å². The van der Waals surface area contributed by atoms with Gasteiger partial charge in [0.1, 0.15) is 11.5 Å². The first-order valence-electron chi connectivity index (χ1n) is 13.1. The molecule has 0 amide bonds. The average Bonchev–Trinajstić information content (AvgIpc) is 3.10. The highest BCUT2D eigenvalue weighted by Gasteiger charge is 2.19. The van der Waals surface area contributed by atoms with Crippen LogP contribution in [-0.4, -0.2) is 52.3 Å². The van der Waals surface area contributed by atoms with Crippen molar-refractivity contribution in [1.82, 2.24) is 15.0 Å². The molecule has 0 atom stereocenters. The van der Waals surface area contributed by atoms with Gasteiger partial charge in [-0.3, -0.25) is 10.1 Å². The number of non-ortho nitro benzene ring substituents is 1. The molecule has 194 valence electrons. The first kappa shape index (κ1) is 24.7. The van der Waals surface area contributed by atoms with Crippen molar-refractivity contribution >= 4 is 29.7 Å². The number of aromatic nitrogens is 3. The summed E-state index contributed by atoms with van der Waals surface area (Å²) in [4.78, 5) is 29.2. The molecule has 2 aliphatic rings. The van der Waals surface area contributed by atoms with Gasteiger partial charge in [0, 0.05) is 43.9 Å². The number of hydrogen-bond acceptors (Lipinski definition) is 10. The third kappa shape index (κ3) is 6.41. The molecule has 2 aliphatic heterocycles. The SMILES string of the molecule is O=[N+]([O-])c1ccc(-c2ccc(C=NNc3nc(N4CCCCCC4)nc(N4CCCCCC4)n3)o2)cc1. The van der Waals surface area contributed by atoms with Gasteiger partial charge in [-0.25, -0.2) is 5.43 Å². The monoisotopic (exact) mass is 504 g/mol. The fourth-order valence-electron chi connectivity index (χ4n) is 4.71. The highest BCUT2D eigenvalue weighted by molar-refractivity contribution is 5.78. The minimum atomic E-state index is -0.423. The van der Waals surface area contributed by atoms with E-state index in [0.29, 0.717) is 29.4 Å². The Morgan fingerprint density at radius 1 is 0.811 bits per heavy atom. The fourth-order valence-corrected chi connectivity index (χ4v) is 4.71. The second-order valence-electron chi connectivity index (χ2n) is 9.44. The van der Waals surface area contributed by atoms with Crippen molar-refractivity contribution in [2.24, 2.45) is 5.10 Å². The number of rotatable bonds is 7. The van der Waals surface area contributed by atoms with Crippen LogP contribution in [0.1, 0.15) is 57.1 Å². The molecule has 0 aliphatic carbocycles. The molecule has 2 saturated heterocycles. The Balaban J connectivity index is 1.32. The van der Waals surface area contributed by atoms with Gasteiger partial charge in [0.05, 0.1) is 11.1 Å². The molecule has 5 rings (SSSR count). The van der Waals surface area contributed by atoms with E-state index in [1.165, 1.54) is 37.8 Å². The largest absolute Gasteiger partial charge is 0.455 e. The van der Waals surface area contributed by atoms with Gasteiger partial charge in [0.25, 0.3) is 5.69 Å². The fraction of sp³-hybridized carbons (Fsp3) is 0.462. The van der Waals surface area contributed by atoms with Crippen molar-refractivity contribution in [2.75, 3.05) is 41.4 Å². The summed E-state index contributed by atoms with van der Waals surface area (Å²) in [6.07, 6.45) is 11.1. The highest BCUT2D eigenvalue weighted by atomic mass is 16.6. The van der Waals surface area contributed by atoms with Gasteiger partial charge in [-0.2, -0.15) is 20.1 Å². The molecule has 1 N–H and O–H groups in total. The van der Waals surface area contributed by atoms with Gasteiger partial charge in [-0.1, -0.05) is 25.7 Å². The predicted molar refractivity (Wildman–Crippen MR) is 143 cm³/mol. The first-order chi connectivity index (χ1) is 18.2. The number of nitro groups is 1. The lowest BCUT2D eigenvalue weighted by atomic mass is 10.1. The zero-order valence-corrected chi connectivity index (χ0v) is 20.9. The number of benzene rings is 1. The summed E-state index contributed by atoms with van der Waals surface area (Å²) in [5.41, 5.74) is 3.76. The lowest BCUT2D eigenvalue weighted by molar-refractivity contribution is -0.384. The normalized spacial score (nSPS) is 17.0. The second kappa shape index (κ2) is 11.8. The van der Waals surface area contributed by atoms with E-state index in [4.69, 9.17) is 9.40 Å². The maximum absolute atomic E-state index is 10.9. The first-order valence-corrected chi connectivity index (χ1v) is 13.1. The molecule has 0 radical (unpaired) electrons. The molecule has 0 unspecified atom stereocenters. The van der Waals surface area contributed by atoms with E-state index >= 15 is 0 Å². The van der Waals surface area contributed by atoms with Crippen molar-refractivity contribution in [1.29, 1.82) is 0 Å². The summed E-state index contributed by atoms with van der Waals surface area (Å²) in [5, 5.41) is 15.2. The molecule has 1 aromatic carbocycles. The molecule has 0 saturated carbocycles. The van der Waals surface area contributed by atoms with Crippen LogP contribution in [-0.2, 0) is 0 Å². The van der Waals surface area contributed by atoms with E-state index in [-0.39, 0.29) is 5.69 Å². The summed E-state index contributed by atoms with van der Waals surface area (Å²) >= 11 is 0. The maximum Gasteiger partial charge on any atom is 0.269 e. The van der Waals surface area contributed by atoms with Gasteiger partial charge in [0.2, 0.25) is 17.8 Å². The van der Waals surface area contributed by atoms with Crippen molar-refractivity contribution in [3.63, 3.8) is 0 Å². The van der Waals surface area contributed by atoms with Gasteiger partial charge in [-0.05, 0) is 49.9 Å². The molecular weight excluding hydrogens is 472 g/mol. The number of nitrogens with one attached hydrogen (secondary N) is 1. The van der Waals surface area contributed by atoms with Crippen LogP contribution < -0.4 is 15.2 Å². The zero-order valence-electron chi connectivity index (χ0n) is 20.9. The topological polar surface area (TPSA) is 126 Å². The van der Waals surface area contributed by atoms with Crippen LogP contribution >= 0.6 is 0 Å². The molecule has 11 heteroatoms. The third-order valence-corrected chi connectivity index (χ3v) is 6.74.